The summed E-state index contributed by atoms with van der Waals surface area (Å²) in [7, 11) is -4.43. The minimum absolute atomic E-state index is 0.0378. The molecule has 1 unspecified atom stereocenters. The van der Waals surface area contributed by atoms with Crippen molar-refractivity contribution in [2.24, 2.45) is 11.3 Å². The fourth-order valence-corrected chi connectivity index (χ4v) is 9.67. The molecule has 1 N–H and O–H groups in total. The molecule has 314 valence electrons. The normalized spacial score (nSPS) is 19.6. The van der Waals surface area contributed by atoms with Crippen LogP contribution in [0.5, 0.6) is 0 Å². The van der Waals surface area contributed by atoms with E-state index >= 15 is 0 Å². The zero-order valence-corrected chi connectivity index (χ0v) is 40.4. The van der Waals surface area contributed by atoms with Gasteiger partial charge in [-0.3, -0.25) is 9.59 Å². The highest BCUT2D eigenvalue weighted by Gasteiger charge is 2.48. The van der Waals surface area contributed by atoms with E-state index in [1.165, 1.54) is 11.1 Å². The van der Waals surface area contributed by atoms with Crippen molar-refractivity contribution < 1.29 is 33.0 Å². The Morgan fingerprint density at radius 3 is 2.07 bits per heavy atom. The first-order chi connectivity index (χ1) is 25.1. The fraction of sp³-hybridized carbons (Fsp3) is 0.750. The van der Waals surface area contributed by atoms with Crippen molar-refractivity contribution in [2.45, 2.75) is 196 Å². The molecule has 1 aromatic heterocycles. The summed E-state index contributed by atoms with van der Waals surface area (Å²) in [6.07, 6.45) is 9.96. The van der Waals surface area contributed by atoms with E-state index in [0.717, 1.165) is 54.8 Å². The van der Waals surface area contributed by atoms with E-state index < -0.39 is 46.1 Å². The van der Waals surface area contributed by atoms with Crippen LogP contribution in [0.2, 0.25) is 36.3 Å². The van der Waals surface area contributed by atoms with Crippen molar-refractivity contribution in [1.29, 1.82) is 0 Å². The lowest BCUT2D eigenvalue weighted by Gasteiger charge is -2.44. The second-order valence-electron chi connectivity index (χ2n) is 19.5. The van der Waals surface area contributed by atoms with Crippen molar-refractivity contribution in [1.82, 2.24) is 4.98 Å². The molecule has 11 heteroatoms. The van der Waals surface area contributed by atoms with Crippen LogP contribution in [0.15, 0.2) is 34.3 Å². The van der Waals surface area contributed by atoms with E-state index in [4.69, 9.17) is 18.3 Å². The third kappa shape index (κ3) is 14.9. The second kappa shape index (κ2) is 20.3. The van der Waals surface area contributed by atoms with E-state index in [-0.39, 0.29) is 34.7 Å². The van der Waals surface area contributed by atoms with Gasteiger partial charge in [-0.1, -0.05) is 80.0 Å². The van der Waals surface area contributed by atoms with Crippen LogP contribution in [0.3, 0.4) is 0 Å². The molecule has 0 amide bonds. The Morgan fingerprint density at radius 1 is 0.964 bits per heavy atom. The highest BCUT2D eigenvalue weighted by Crippen LogP contribution is 2.42. The Morgan fingerprint density at radius 2 is 1.56 bits per heavy atom. The number of Topliss-reactive ketones (excluding diaryl/α,β-unsaturated/α-hetero) is 1. The van der Waals surface area contributed by atoms with Gasteiger partial charge in [0.2, 0.25) is 0 Å². The van der Waals surface area contributed by atoms with Crippen molar-refractivity contribution in [3.8, 4) is 0 Å². The molecule has 1 aromatic rings. The van der Waals surface area contributed by atoms with Crippen molar-refractivity contribution in [2.75, 3.05) is 6.61 Å². The van der Waals surface area contributed by atoms with Gasteiger partial charge in [0.1, 0.15) is 5.78 Å². The number of aryl methyl sites for hydroxylation is 1. The number of carbonyl (C=O) groups excluding carboxylic acids is 1. The smallest absolute Gasteiger partial charge is 0.305 e. The summed E-state index contributed by atoms with van der Waals surface area (Å²) < 4.78 is 26.3. The molecule has 0 saturated carbocycles. The van der Waals surface area contributed by atoms with Gasteiger partial charge in [0, 0.05) is 23.3 Å². The molecule has 0 radical (unpaired) electrons. The molecular formula is C44H77NO7SSi2. The van der Waals surface area contributed by atoms with Gasteiger partial charge in [0.15, 0.2) is 22.9 Å². The molecule has 1 saturated heterocycles. The van der Waals surface area contributed by atoms with Crippen molar-refractivity contribution in [3.63, 3.8) is 0 Å². The van der Waals surface area contributed by atoms with E-state index in [9.17, 15) is 14.7 Å². The number of nitrogens with zero attached hydrogens (tertiary/aromatic N) is 1. The highest BCUT2D eigenvalue weighted by atomic mass is 32.1. The van der Waals surface area contributed by atoms with Gasteiger partial charge in [-0.15, -0.1) is 11.3 Å². The Labute approximate surface area is 341 Å². The fourth-order valence-electron chi connectivity index (χ4n) is 6.31. The molecule has 1 aliphatic heterocycles. The summed E-state index contributed by atoms with van der Waals surface area (Å²) in [4.78, 5) is 31.3. The first-order valence-corrected chi connectivity index (χ1v) is 27.1. The number of allylic oxidation sites excluding steroid dienone is 2. The number of aliphatic carboxylic acids is 1. The van der Waals surface area contributed by atoms with Crippen LogP contribution >= 0.6 is 11.3 Å². The number of hydrogen-bond donors (Lipinski definition) is 1. The lowest BCUT2D eigenvalue weighted by atomic mass is 9.74. The van der Waals surface area contributed by atoms with E-state index in [1.54, 1.807) is 11.3 Å². The molecule has 8 nitrogen and oxygen atoms in total. The number of carbonyl (C=O) groups is 2. The number of hydrogen-bond acceptors (Lipinski definition) is 8. The number of rotatable bonds is 20. The zero-order chi connectivity index (χ0) is 42.2. The molecule has 5 atom stereocenters. The molecule has 0 aliphatic carbocycles. The number of carboxylic acids is 1. The van der Waals surface area contributed by atoms with Gasteiger partial charge in [0.05, 0.1) is 35.4 Å². The van der Waals surface area contributed by atoms with Gasteiger partial charge in [0.25, 0.3) is 0 Å². The van der Waals surface area contributed by atoms with Crippen LogP contribution < -0.4 is 0 Å². The molecule has 2 rings (SSSR count). The third-order valence-electron chi connectivity index (χ3n) is 12.2. The topological polar surface area (TPSA) is 104 Å². The number of carboxylic acid groups (broad SMARTS) is 1. The molecule has 2 heterocycles. The van der Waals surface area contributed by atoms with Gasteiger partial charge in [-0.2, -0.15) is 0 Å². The Kier molecular flexibility index (Phi) is 18.2. The van der Waals surface area contributed by atoms with Crippen LogP contribution in [-0.4, -0.2) is 69.7 Å². The van der Waals surface area contributed by atoms with E-state index in [2.05, 4.69) is 110 Å². The molecule has 0 bridgehead atoms. The summed E-state index contributed by atoms with van der Waals surface area (Å²) in [6, 6.07) is 0. The van der Waals surface area contributed by atoms with Crippen LogP contribution in [0.25, 0.3) is 6.08 Å². The maximum Gasteiger partial charge on any atom is 0.305 e. The Bertz CT molecular complexity index is 1510. The van der Waals surface area contributed by atoms with E-state index in [0.29, 0.717) is 6.61 Å². The van der Waals surface area contributed by atoms with Crippen LogP contribution in [0, 0.1) is 18.3 Å². The molecule has 0 spiro atoms. The first-order valence-electron chi connectivity index (χ1n) is 20.4. The molecule has 1 fully saturated rings. The average molecular weight is 820 g/mol. The molecular weight excluding hydrogens is 743 g/mol. The minimum Gasteiger partial charge on any atom is -0.481 e. The van der Waals surface area contributed by atoms with E-state index in [1.807, 2.05) is 34.6 Å². The number of thiazole rings is 1. The number of ether oxygens (including phenoxy) is 2. The second-order valence-corrected chi connectivity index (χ2v) is 30.1. The number of ketones is 1. The zero-order valence-electron chi connectivity index (χ0n) is 37.6. The maximum absolute atomic E-state index is 14.5. The van der Waals surface area contributed by atoms with Gasteiger partial charge >= 0.3 is 5.97 Å². The number of aromatic nitrogens is 1. The Balaban J connectivity index is 2.34. The van der Waals surface area contributed by atoms with Crippen molar-refractivity contribution in [3.05, 3.63) is 45.0 Å². The van der Waals surface area contributed by atoms with Gasteiger partial charge < -0.3 is 23.4 Å². The first kappa shape index (κ1) is 49.4. The van der Waals surface area contributed by atoms with Crippen LogP contribution in [0.1, 0.15) is 139 Å². The maximum atomic E-state index is 14.5. The molecule has 0 aromatic carbocycles. The van der Waals surface area contributed by atoms with Gasteiger partial charge in [-0.05, 0) is 120 Å². The van der Waals surface area contributed by atoms with Gasteiger partial charge in [-0.25, -0.2) is 4.98 Å². The molecule has 1 aliphatic rings. The summed E-state index contributed by atoms with van der Waals surface area (Å²) in [5.41, 5.74) is 3.37. The summed E-state index contributed by atoms with van der Waals surface area (Å²) >= 11 is 1.66. The quantitative estimate of drug-likeness (QED) is 0.102. The third-order valence-corrected chi connectivity index (χ3v) is 22.0. The van der Waals surface area contributed by atoms with Crippen LogP contribution in [0.4, 0.5) is 0 Å². The highest BCUT2D eigenvalue weighted by molar-refractivity contribution is 7.09. The largest absolute Gasteiger partial charge is 0.481 e. The predicted octanol–water partition coefficient (Wildman–Crippen LogP) is 12.3. The van der Waals surface area contributed by atoms with Crippen LogP contribution in [-0.2, 0) is 27.9 Å². The minimum atomic E-state index is -2.39. The summed E-state index contributed by atoms with van der Waals surface area (Å²) in [5, 5.41) is 13.0. The lowest BCUT2D eigenvalue weighted by Crippen LogP contribution is -2.52. The summed E-state index contributed by atoms with van der Waals surface area (Å²) in [6.45, 7) is 36.7. The van der Waals surface area contributed by atoms with Crippen molar-refractivity contribution >= 4 is 45.8 Å². The Hall–Kier alpha value is -1.74. The monoisotopic (exact) mass is 819 g/mol. The lowest BCUT2D eigenvalue weighted by molar-refractivity contribution is -0.191. The predicted molar refractivity (Wildman–Crippen MR) is 235 cm³/mol. The standard InChI is InChI=1S/C44H77NO7SSi2/c1-30(24-25-36(51-54(14,15)42(6,7)8)32(3)27-35-29-53-34(5)45-35)21-20-22-31(2)40(50-39-23-18-19-26-49-39)33(4)41(48)44(12,13)37(28-38(46)47)52-55(16,17)43(9,10)11/h22,24,27,29,33,36-37,39-40H,18-21,23,25-26,28H2,1-17H3,(H,46,47)/b30-24-,31-22+,32-27+/t33-,36+,37+,39?,40+/m1/s1. The average Bonchev–Trinajstić information content (AvgIpc) is 3.47. The SMILES string of the molecule is C/C(=C/C[C@H](O[Si](C)(C)C(C)(C)C)/C(C)=C/c1csc(C)n1)CC/C=C(\C)[C@H](OC1CCCCO1)[C@@H](C)C(=O)C(C)(C)[C@H](CC(=O)O)O[Si](C)(C)C(C)(C)C. The molecule has 55 heavy (non-hydrogen) atoms. The summed E-state index contributed by atoms with van der Waals surface area (Å²) in [5.74, 6) is -1.58.